The van der Waals surface area contributed by atoms with E-state index in [-0.39, 0.29) is 0 Å². The molecule has 7 heteroatoms. The van der Waals surface area contributed by atoms with Gasteiger partial charge in [-0.25, -0.2) is 15.0 Å². The highest BCUT2D eigenvalue weighted by Crippen LogP contribution is 2.11. The van der Waals surface area contributed by atoms with Crippen LogP contribution in [-0.4, -0.2) is 60.2 Å². The zero-order valence-electron chi connectivity index (χ0n) is 16.8. The maximum Gasteiger partial charge on any atom is 0.225 e. The Bertz CT molecular complexity index is 726. The van der Waals surface area contributed by atoms with Gasteiger partial charge >= 0.3 is 0 Å². The summed E-state index contributed by atoms with van der Waals surface area (Å²) in [6.45, 7) is 10.6. The highest BCUT2D eigenvalue weighted by atomic mass is 16.5. The zero-order valence-corrected chi connectivity index (χ0v) is 16.8. The summed E-state index contributed by atoms with van der Waals surface area (Å²) in [4.78, 5) is 18.1. The molecule has 0 unspecified atom stereocenters. The van der Waals surface area contributed by atoms with E-state index in [0.717, 1.165) is 51.2 Å². The largest absolute Gasteiger partial charge is 0.377 e. The number of aliphatic imine (C=N–C) groups is 1. The first-order valence-electron chi connectivity index (χ1n) is 10.0. The maximum atomic E-state index is 5.45. The van der Waals surface area contributed by atoms with Crippen molar-refractivity contribution in [2.24, 2.45) is 4.99 Å². The molecule has 0 aliphatic carbocycles. The highest BCUT2D eigenvalue weighted by Gasteiger charge is 2.20. The van der Waals surface area contributed by atoms with Gasteiger partial charge in [0.05, 0.1) is 13.2 Å². The number of ether oxygens (including phenoxy) is 1. The Morgan fingerprint density at radius 1 is 1.04 bits per heavy atom. The average Bonchev–Trinajstić information content (AvgIpc) is 2.77. The lowest BCUT2D eigenvalue weighted by Gasteiger charge is -2.36. The molecule has 1 N–H and O–H groups in total. The van der Waals surface area contributed by atoms with Gasteiger partial charge in [-0.2, -0.15) is 0 Å². The lowest BCUT2D eigenvalue weighted by atomic mass is 10.1. The minimum atomic E-state index is 0.665. The van der Waals surface area contributed by atoms with Crippen molar-refractivity contribution in [3.8, 4) is 0 Å². The number of nitrogens with zero attached hydrogens (tertiary/aromatic N) is 5. The summed E-state index contributed by atoms with van der Waals surface area (Å²) in [6, 6.07) is 10.3. The van der Waals surface area contributed by atoms with E-state index in [1.807, 2.05) is 13.0 Å². The summed E-state index contributed by atoms with van der Waals surface area (Å²) in [5.74, 6) is 1.77. The molecular weight excluding hydrogens is 352 g/mol. The molecule has 1 aliphatic heterocycles. The maximum absolute atomic E-state index is 5.45. The van der Waals surface area contributed by atoms with Crippen molar-refractivity contribution >= 4 is 11.9 Å². The first-order chi connectivity index (χ1) is 13.8. The van der Waals surface area contributed by atoms with Crippen molar-refractivity contribution in [1.82, 2.24) is 20.2 Å². The third-order valence-electron chi connectivity index (χ3n) is 4.66. The Hall–Kier alpha value is -2.67. The van der Waals surface area contributed by atoms with Gasteiger partial charge in [-0.05, 0) is 31.0 Å². The van der Waals surface area contributed by atoms with Crippen molar-refractivity contribution in [2.75, 3.05) is 44.2 Å². The number of anilines is 1. The van der Waals surface area contributed by atoms with Crippen LogP contribution in [0.5, 0.6) is 0 Å². The smallest absolute Gasteiger partial charge is 0.225 e. The Morgan fingerprint density at radius 3 is 2.36 bits per heavy atom. The molecule has 0 spiro atoms. The van der Waals surface area contributed by atoms with Crippen LogP contribution in [0.15, 0.2) is 47.7 Å². The third kappa shape index (κ3) is 5.66. The van der Waals surface area contributed by atoms with E-state index < -0.39 is 0 Å². The normalized spacial score (nSPS) is 15.0. The molecule has 1 saturated heterocycles. The van der Waals surface area contributed by atoms with Gasteiger partial charge in [0.2, 0.25) is 5.95 Å². The summed E-state index contributed by atoms with van der Waals surface area (Å²) in [7, 11) is 0. The third-order valence-corrected chi connectivity index (χ3v) is 4.66. The number of guanidine groups is 1. The van der Waals surface area contributed by atoms with Gasteiger partial charge in [-0.3, -0.25) is 0 Å². The fourth-order valence-corrected chi connectivity index (χ4v) is 3.13. The molecule has 3 rings (SSSR count). The van der Waals surface area contributed by atoms with E-state index in [1.54, 1.807) is 12.4 Å². The van der Waals surface area contributed by atoms with E-state index >= 15 is 0 Å². The van der Waals surface area contributed by atoms with Gasteiger partial charge in [-0.15, -0.1) is 0 Å². The number of aromatic nitrogens is 2. The van der Waals surface area contributed by atoms with Crippen LogP contribution in [0.1, 0.15) is 25.0 Å². The Balaban J connectivity index is 1.57. The van der Waals surface area contributed by atoms with Crippen LogP contribution in [0.4, 0.5) is 5.95 Å². The fraction of sp³-hybridized carbons (Fsp3) is 0.476. The van der Waals surface area contributed by atoms with Crippen LogP contribution in [0.3, 0.4) is 0 Å². The molecule has 2 heterocycles. The highest BCUT2D eigenvalue weighted by molar-refractivity contribution is 5.80. The molecule has 28 heavy (non-hydrogen) atoms. The quantitative estimate of drug-likeness (QED) is 0.586. The van der Waals surface area contributed by atoms with E-state index in [0.29, 0.717) is 13.2 Å². The van der Waals surface area contributed by atoms with Crippen LogP contribution < -0.4 is 10.2 Å². The first-order valence-corrected chi connectivity index (χ1v) is 10.0. The van der Waals surface area contributed by atoms with Gasteiger partial charge in [-0.1, -0.05) is 24.3 Å². The molecule has 0 amide bonds. The SMILES string of the molecule is CCNC(=NCc1ccc(COCC)cc1)N1CCN(c2ncccn2)CC1. The average molecular weight is 383 g/mol. The van der Waals surface area contributed by atoms with Crippen LogP contribution in [-0.2, 0) is 17.9 Å². The van der Waals surface area contributed by atoms with Gasteiger partial charge in [0.1, 0.15) is 0 Å². The molecule has 1 aromatic heterocycles. The van der Waals surface area contributed by atoms with Gasteiger partial charge in [0.25, 0.3) is 0 Å². The molecule has 0 bridgehead atoms. The van der Waals surface area contributed by atoms with Crippen molar-refractivity contribution in [3.63, 3.8) is 0 Å². The second-order valence-electron chi connectivity index (χ2n) is 6.65. The monoisotopic (exact) mass is 382 g/mol. The van der Waals surface area contributed by atoms with Crippen molar-refractivity contribution in [1.29, 1.82) is 0 Å². The number of piperazine rings is 1. The van der Waals surface area contributed by atoms with E-state index in [2.05, 4.69) is 56.3 Å². The molecule has 0 radical (unpaired) electrons. The predicted octanol–water partition coefficient (Wildman–Crippen LogP) is 2.30. The second-order valence-corrected chi connectivity index (χ2v) is 6.65. The molecule has 0 saturated carbocycles. The van der Waals surface area contributed by atoms with Gasteiger partial charge in [0.15, 0.2) is 5.96 Å². The number of hydrogen-bond donors (Lipinski definition) is 1. The predicted molar refractivity (Wildman–Crippen MR) is 112 cm³/mol. The fourth-order valence-electron chi connectivity index (χ4n) is 3.13. The Kier molecular flexibility index (Phi) is 7.61. The van der Waals surface area contributed by atoms with Crippen LogP contribution in [0.25, 0.3) is 0 Å². The van der Waals surface area contributed by atoms with Crippen molar-refractivity contribution < 1.29 is 4.74 Å². The topological polar surface area (TPSA) is 65.9 Å². The number of rotatable bonds is 7. The molecular formula is C21H30N6O. The van der Waals surface area contributed by atoms with E-state index in [9.17, 15) is 0 Å². The minimum absolute atomic E-state index is 0.665. The summed E-state index contributed by atoms with van der Waals surface area (Å²) in [6.07, 6.45) is 3.58. The van der Waals surface area contributed by atoms with Crippen molar-refractivity contribution in [3.05, 3.63) is 53.9 Å². The summed E-state index contributed by atoms with van der Waals surface area (Å²) < 4.78 is 5.45. The summed E-state index contributed by atoms with van der Waals surface area (Å²) in [5, 5.41) is 3.42. The van der Waals surface area contributed by atoms with Crippen molar-refractivity contribution in [2.45, 2.75) is 27.0 Å². The molecule has 0 atom stereocenters. The van der Waals surface area contributed by atoms with Crippen LogP contribution in [0, 0.1) is 0 Å². The van der Waals surface area contributed by atoms with E-state index in [1.165, 1.54) is 11.1 Å². The van der Waals surface area contributed by atoms with Gasteiger partial charge < -0.3 is 19.9 Å². The van der Waals surface area contributed by atoms with Crippen LogP contribution in [0.2, 0.25) is 0 Å². The summed E-state index contributed by atoms with van der Waals surface area (Å²) >= 11 is 0. The number of nitrogens with one attached hydrogen (secondary N) is 1. The minimum Gasteiger partial charge on any atom is -0.377 e. The number of benzene rings is 1. The lowest BCUT2D eigenvalue weighted by Crippen LogP contribution is -2.52. The summed E-state index contributed by atoms with van der Waals surface area (Å²) in [5.41, 5.74) is 2.40. The van der Waals surface area contributed by atoms with E-state index in [4.69, 9.17) is 9.73 Å². The first kappa shape index (κ1) is 20.1. The molecule has 1 aliphatic rings. The Labute approximate surface area is 167 Å². The van der Waals surface area contributed by atoms with Gasteiger partial charge in [0, 0.05) is 51.7 Å². The van der Waals surface area contributed by atoms with Crippen LogP contribution >= 0.6 is 0 Å². The number of hydrogen-bond acceptors (Lipinski definition) is 5. The molecule has 1 fully saturated rings. The molecule has 1 aromatic carbocycles. The standard InChI is InChI=1S/C21H30N6O/c1-3-22-20(25-16-18-6-8-19(9-7-18)17-28-4-2)26-12-14-27(15-13-26)21-23-10-5-11-24-21/h5-11H,3-4,12-17H2,1-2H3,(H,22,25). The molecule has 7 nitrogen and oxygen atoms in total. The molecule has 2 aromatic rings. The second kappa shape index (κ2) is 10.6. The lowest BCUT2D eigenvalue weighted by molar-refractivity contribution is 0.134. The molecule has 150 valence electrons. The Morgan fingerprint density at radius 2 is 1.71 bits per heavy atom. The zero-order chi connectivity index (χ0) is 19.6.